The second-order valence-corrected chi connectivity index (χ2v) is 6.73. The summed E-state index contributed by atoms with van der Waals surface area (Å²) in [5, 5.41) is 0. The van der Waals surface area contributed by atoms with E-state index in [0.717, 1.165) is 32.2 Å². The Morgan fingerprint density at radius 3 is 2.32 bits per heavy atom. The van der Waals surface area contributed by atoms with E-state index in [2.05, 4.69) is 11.8 Å². The number of nitrogens with two attached hydrogens (primary N) is 1. The van der Waals surface area contributed by atoms with Crippen molar-refractivity contribution < 1.29 is 4.79 Å². The molecule has 2 rings (SSSR count). The average Bonchev–Trinajstić information content (AvgIpc) is 2.46. The second kappa shape index (κ2) is 6.74. The fourth-order valence-electron chi connectivity index (χ4n) is 3.97. The molecule has 0 radical (unpaired) electrons. The molecule has 0 heterocycles. The second-order valence-electron chi connectivity index (χ2n) is 6.73. The molecule has 2 N–H and O–H groups in total. The summed E-state index contributed by atoms with van der Waals surface area (Å²) in [5.74, 6) is 1.99. The molecule has 2 fully saturated rings. The van der Waals surface area contributed by atoms with Crippen molar-refractivity contribution in [1.29, 1.82) is 0 Å². The quantitative estimate of drug-likeness (QED) is 0.854. The highest BCUT2D eigenvalue weighted by Gasteiger charge is 2.33. The standard InChI is InChI=1S/C16H30N2O/c1-12-5-3-4-6-15(12)18(2)16(19)14-9-7-13(11-17)8-10-14/h12-15H,3-11,17H2,1-2H3. The first-order chi connectivity index (χ1) is 9.13. The lowest BCUT2D eigenvalue weighted by molar-refractivity contribution is -0.139. The van der Waals surface area contributed by atoms with Crippen LogP contribution in [0.3, 0.4) is 0 Å². The maximum absolute atomic E-state index is 12.6. The molecule has 3 nitrogen and oxygen atoms in total. The SMILES string of the molecule is CC1CCCCC1N(C)C(=O)C1CCC(CN)CC1. The molecule has 1 amide bonds. The Labute approximate surface area is 117 Å². The molecule has 0 aromatic heterocycles. The van der Waals surface area contributed by atoms with E-state index in [1.807, 2.05) is 7.05 Å². The van der Waals surface area contributed by atoms with E-state index in [1.54, 1.807) is 0 Å². The van der Waals surface area contributed by atoms with Crippen LogP contribution in [0.5, 0.6) is 0 Å². The Morgan fingerprint density at radius 1 is 1.11 bits per heavy atom. The largest absolute Gasteiger partial charge is 0.342 e. The van der Waals surface area contributed by atoms with E-state index < -0.39 is 0 Å². The molecular weight excluding hydrogens is 236 g/mol. The van der Waals surface area contributed by atoms with Crippen LogP contribution in [0.1, 0.15) is 58.3 Å². The lowest BCUT2D eigenvalue weighted by Gasteiger charge is -2.39. The topological polar surface area (TPSA) is 46.3 Å². The van der Waals surface area contributed by atoms with Crippen LogP contribution < -0.4 is 5.73 Å². The molecule has 0 aliphatic heterocycles. The summed E-state index contributed by atoms with van der Waals surface area (Å²) in [6.07, 6.45) is 9.47. The number of rotatable bonds is 3. The van der Waals surface area contributed by atoms with Crippen molar-refractivity contribution in [2.45, 2.75) is 64.3 Å². The number of carbonyl (C=O) groups excluding carboxylic acids is 1. The Hall–Kier alpha value is -0.570. The molecule has 2 unspecified atom stereocenters. The van der Waals surface area contributed by atoms with Crippen LogP contribution in [0.15, 0.2) is 0 Å². The number of nitrogens with zero attached hydrogens (tertiary/aromatic N) is 1. The normalized spacial score (nSPS) is 35.9. The van der Waals surface area contributed by atoms with Gasteiger partial charge in [0.05, 0.1) is 0 Å². The molecule has 110 valence electrons. The lowest BCUT2D eigenvalue weighted by atomic mass is 9.80. The van der Waals surface area contributed by atoms with Crippen molar-refractivity contribution >= 4 is 5.91 Å². The van der Waals surface area contributed by atoms with Gasteiger partial charge >= 0.3 is 0 Å². The van der Waals surface area contributed by atoms with Gasteiger partial charge in [0, 0.05) is 19.0 Å². The molecule has 2 saturated carbocycles. The number of carbonyl (C=O) groups is 1. The van der Waals surface area contributed by atoms with Crippen LogP contribution in [0, 0.1) is 17.8 Å². The molecule has 2 aliphatic carbocycles. The predicted octanol–water partition coefficient (Wildman–Crippen LogP) is 2.79. The van der Waals surface area contributed by atoms with Crippen molar-refractivity contribution in [2.75, 3.05) is 13.6 Å². The van der Waals surface area contributed by atoms with Crippen LogP contribution in [0.2, 0.25) is 0 Å². The van der Waals surface area contributed by atoms with Crippen LogP contribution in [-0.4, -0.2) is 30.4 Å². The van der Waals surface area contributed by atoms with Crippen LogP contribution in [0.4, 0.5) is 0 Å². The monoisotopic (exact) mass is 266 g/mol. The van der Waals surface area contributed by atoms with Crippen molar-refractivity contribution in [3.05, 3.63) is 0 Å². The van der Waals surface area contributed by atoms with Gasteiger partial charge in [0.15, 0.2) is 0 Å². The van der Waals surface area contributed by atoms with Crippen molar-refractivity contribution in [3.8, 4) is 0 Å². The first-order valence-electron chi connectivity index (χ1n) is 8.10. The van der Waals surface area contributed by atoms with Gasteiger partial charge in [-0.25, -0.2) is 0 Å². The van der Waals surface area contributed by atoms with Gasteiger partial charge in [-0.15, -0.1) is 0 Å². The predicted molar refractivity (Wildman–Crippen MR) is 78.7 cm³/mol. The average molecular weight is 266 g/mol. The minimum atomic E-state index is 0.266. The van der Waals surface area contributed by atoms with E-state index in [4.69, 9.17) is 5.73 Å². The van der Waals surface area contributed by atoms with Gasteiger partial charge in [-0.2, -0.15) is 0 Å². The van der Waals surface area contributed by atoms with Crippen LogP contribution in [-0.2, 0) is 4.79 Å². The van der Waals surface area contributed by atoms with E-state index in [0.29, 0.717) is 23.8 Å². The van der Waals surface area contributed by atoms with E-state index >= 15 is 0 Å². The third kappa shape index (κ3) is 3.50. The van der Waals surface area contributed by atoms with Gasteiger partial charge in [0.1, 0.15) is 0 Å². The summed E-state index contributed by atoms with van der Waals surface area (Å²) in [6, 6.07) is 0.480. The summed E-state index contributed by atoms with van der Waals surface area (Å²) in [6.45, 7) is 3.09. The van der Waals surface area contributed by atoms with Gasteiger partial charge < -0.3 is 10.6 Å². The fourth-order valence-corrected chi connectivity index (χ4v) is 3.97. The summed E-state index contributed by atoms with van der Waals surface area (Å²) in [5.41, 5.74) is 5.72. The van der Waals surface area contributed by atoms with Crippen LogP contribution in [0.25, 0.3) is 0 Å². The van der Waals surface area contributed by atoms with Gasteiger partial charge in [-0.05, 0) is 56.9 Å². The fraction of sp³-hybridized carbons (Fsp3) is 0.938. The highest BCUT2D eigenvalue weighted by Crippen LogP contribution is 2.32. The highest BCUT2D eigenvalue weighted by atomic mass is 16.2. The van der Waals surface area contributed by atoms with Gasteiger partial charge in [0.25, 0.3) is 0 Å². The Morgan fingerprint density at radius 2 is 1.74 bits per heavy atom. The highest BCUT2D eigenvalue weighted by molar-refractivity contribution is 5.79. The lowest BCUT2D eigenvalue weighted by Crippen LogP contribution is -2.46. The summed E-state index contributed by atoms with van der Waals surface area (Å²) in [7, 11) is 2.03. The number of hydrogen-bond donors (Lipinski definition) is 1. The molecule has 3 heteroatoms. The van der Waals surface area contributed by atoms with Gasteiger partial charge in [-0.1, -0.05) is 19.8 Å². The Bertz CT molecular complexity index is 297. The van der Waals surface area contributed by atoms with Crippen molar-refractivity contribution in [2.24, 2.45) is 23.5 Å². The minimum Gasteiger partial charge on any atom is -0.342 e. The van der Waals surface area contributed by atoms with Gasteiger partial charge in [0.2, 0.25) is 5.91 Å². The molecule has 2 aliphatic rings. The molecule has 0 saturated heterocycles. The van der Waals surface area contributed by atoms with Crippen molar-refractivity contribution in [3.63, 3.8) is 0 Å². The first-order valence-corrected chi connectivity index (χ1v) is 8.10. The molecule has 0 bridgehead atoms. The maximum Gasteiger partial charge on any atom is 0.225 e. The third-order valence-electron chi connectivity index (χ3n) is 5.44. The summed E-state index contributed by atoms with van der Waals surface area (Å²) >= 11 is 0. The summed E-state index contributed by atoms with van der Waals surface area (Å²) in [4.78, 5) is 14.7. The smallest absolute Gasteiger partial charge is 0.225 e. The first kappa shape index (κ1) is 14.8. The molecule has 0 aromatic rings. The van der Waals surface area contributed by atoms with E-state index in [1.165, 1.54) is 25.7 Å². The molecular formula is C16H30N2O. The van der Waals surface area contributed by atoms with E-state index in [-0.39, 0.29) is 5.92 Å². The number of amides is 1. The van der Waals surface area contributed by atoms with Crippen molar-refractivity contribution in [1.82, 2.24) is 4.90 Å². The van der Waals surface area contributed by atoms with Gasteiger partial charge in [-0.3, -0.25) is 4.79 Å². The molecule has 19 heavy (non-hydrogen) atoms. The van der Waals surface area contributed by atoms with Crippen LogP contribution >= 0.6 is 0 Å². The zero-order valence-electron chi connectivity index (χ0n) is 12.6. The zero-order chi connectivity index (χ0) is 13.8. The number of hydrogen-bond acceptors (Lipinski definition) is 2. The zero-order valence-corrected chi connectivity index (χ0v) is 12.6. The van der Waals surface area contributed by atoms with E-state index in [9.17, 15) is 4.79 Å². The minimum absolute atomic E-state index is 0.266. The third-order valence-corrected chi connectivity index (χ3v) is 5.44. The summed E-state index contributed by atoms with van der Waals surface area (Å²) < 4.78 is 0. The molecule has 0 aromatic carbocycles. The Kier molecular flexibility index (Phi) is 5.26. The molecule has 2 atom stereocenters. The molecule has 0 spiro atoms. The Balaban J connectivity index is 1.88. The maximum atomic E-state index is 12.6.